The average Bonchev–Trinajstić information content (AvgIpc) is 2.51. The monoisotopic (exact) mass is 279 g/mol. The first-order chi connectivity index (χ1) is 10.1. The number of carbonyl (C=O) groups is 1. The maximum atomic E-state index is 12.2. The summed E-state index contributed by atoms with van der Waals surface area (Å²) in [7, 11) is 0. The van der Waals surface area contributed by atoms with Crippen LogP contribution in [0.2, 0.25) is 0 Å². The summed E-state index contributed by atoms with van der Waals surface area (Å²) in [6.45, 7) is 1.73. The Bertz CT molecular complexity index is 831. The zero-order valence-corrected chi connectivity index (χ0v) is 11.4. The van der Waals surface area contributed by atoms with Gasteiger partial charge in [-0.2, -0.15) is 0 Å². The van der Waals surface area contributed by atoms with E-state index in [2.05, 4.69) is 15.3 Å². The quantitative estimate of drug-likeness (QED) is 0.756. The number of fused-ring (bicyclic) bond motifs is 1. The maximum Gasteiger partial charge on any atom is 0.275 e. The second-order valence-electron chi connectivity index (χ2n) is 4.65. The molecule has 2 N–H and O–H groups in total. The summed E-state index contributed by atoms with van der Waals surface area (Å²) in [4.78, 5) is 20.7. The van der Waals surface area contributed by atoms with Crippen LogP contribution in [-0.4, -0.2) is 21.0 Å². The molecule has 0 saturated heterocycles. The molecule has 0 aliphatic heterocycles. The van der Waals surface area contributed by atoms with Gasteiger partial charge in [0.2, 0.25) is 0 Å². The van der Waals surface area contributed by atoms with Crippen molar-refractivity contribution in [2.45, 2.75) is 6.92 Å². The zero-order valence-electron chi connectivity index (χ0n) is 11.4. The highest BCUT2D eigenvalue weighted by Gasteiger charge is 2.11. The summed E-state index contributed by atoms with van der Waals surface area (Å²) in [6.07, 6.45) is 1.44. The number of phenolic OH excluding ortho intramolecular Hbond substituents is 1. The van der Waals surface area contributed by atoms with Crippen molar-refractivity contribution in [3.05, 3.63) is 59.9 Å². The van der Waals surface area contributed by atoms with Gasteiger partial charge in [-0.1, -0.05) is 18.2 Å². The average molecular weight is 279 g/mol. The van der Waals surface area contributed by atoms with Crippen molar-refractivity contribution in [1.29, 1.82) is 0 Å². The summed E-state index contributed by atoms with van der Waals surface area (Å²) in [6, 6.07) is 12.3. The molecule has 3 aromatic rings. The molecule has 0 bridgehead atoms. The van der Waals surface area contributed by atoms with E-state index in [0.717, 1.165) is 5.52 Å². The number of anilines is 1. The minimum absolute atomic E-state index is 0.136. The van der Waals surface area contributed by atoms with Crippen LogP contribution in [0.25, 0.3) is 11.0 Å². The lowest BCUT2D eigenvalue weighted by atomic mass is 10.2. The molecule has 0 aliphatic carbocycles. The van der Waals surface area contributed by atoms with E-state index in [9.17, 15) is 9.90 Å². The number of para-hydroxylation sites is 2. The van der Waals surface area contributed by atoms with Crippen molar-refractivity contribution >= 4 is 22.6 Å². The Balaban J connectivity index is 1.91. The molecule has 1 heterocycles. The molecule has 0 saturated carbocycles. The normalized spacial score (nSPS) is 10.5. The number of nitrogens with one attached hydrogen (secondary N) is 1. The molecule has 21 heavy (non-hydrogen) atoms. The first kappa shape index (κ1) is 13.1. The Morgan fingerprint density at radius 1 is 1.10 bits per heavy atom. The summed E-state index contributed by atoms with van der Waals surface area (Å²) in [5.74, 6) is -0.223. The number of nitrogens with zero attached hydrogens (tertiary/aromatic N) is 2. The second kappa shape index (κ2) is 5.20. The lowest BCUT2D eigenvalue weighted by Crippen LogP contribution is -2.14. The highest BCUT2D eigenvalue weighted by Crippen LogP contribution is 2.24. The Morgan fingerprint density at radius 3 is 2.67 bits per heavy atom. The molecular weight excluding hydrogens is 266 g/mol. The second-order valence-corrected chi connectivity index (χ2v) is 4.65. The van der Waals surface area contributed by atoms with Gasteiger partial charge in [0.15, 0.2) is 0 Å². The fourth-order valence-electron chi connectivity index (χ4n) is 2.01. The van der Waals surface area contributed by atoms with Crippen molar-refractivity contribution in [2.75, 3.05) is 5.32 Å². The minimum atomic E-state index is -0.359. The first-order valence-electron chi connectivity index (χ1n) is 6.47. The SMILES string of the molecule is Cc1c(O)cccc1NC(=O)c1cnc2ccccc2n1. The van der Waals surface area contributed by atoms with Gasteiger partial charge in [0, 0.05) is 11.3 Å². The zero-order chi connectivity index (χ0) is 14.8. The number of benzene rings is 2. The molecule has 104 valence electrons. The highest BCUT2D eigenvalue weighted by atomic mass is 16.3. The minimum Gasteiger partial charge on any atom is -0.508 e. The van der Waals surface area contributed by atoms with Gasteiger partial charge in [-0.15, -0.1) is 0 Å². The fraction of sp³-hybridized carbons (Fsp3) is 0.0625. The molecule has 0 radical (unpaired) electrons. The molecule has 0 aliphatic rings. The third-order valence-electron chi connectivity index (χ3n) is 3.23. The van der Waals surface area contributed by atoms with Gasteiger partial charge >= 0.3 is 0 Å². The Hall–Kier alpha value is -2.95. The van der Waals surface area contributed by atoms with E-state index in [-0.39, 0.29) is 17.4 Å². The van der Waals surface area contributed by atoms with Crippen molar-refractivity contribution in [3.8, 4) is 5.75 Å². The van der Waals surface area contributed by atoms with Gasteiger partial charge in [-0.3, -0.25) is 9.78 Å². The van der Waals surface area contributed by atoms with Gasteiger partial charge < -0.3 is 10.4 Å². The van der Waals surface area contributed by atoms with Gasteiger partial charge in [-0.05, 0) is 31.2 Å². The molecule has 1 amide bonds. The number of rotatable bonds is 2. The predicted molar refractivity (Wildman–Crippen MR) is 80.3 cm³/mol. The summed E-state index contributed by atoms with van der Waals surface area (Å²) in [5.41, 5.74) is 2.80. The Labute approximate surface area is 121 Å². The molecule has 5 heteroatoms. The van der Waals surface area contributed by atoms with E-state index in [1.807, 2.05) is 18.2 Å². The van der Waals surface area contributed by atoms with Crippen LogP contribution >= 0.6 is 0 Å². The number of amides is 1. The number of hydrogen-bond acceptors (Lipinski definition) is 4. The van der Waals surface area contributed by atoms with Gasteiger partial charge in [-0.25, -0.2) is 4.98 Å². The molecule has 0 spiro atoms. The van der Waals surface area contributed by atoms with Crippen LogP contribution in [0.5, 0.6) is 5.75 Å². The summed E-state index contributed by atoms with van der Waals surface area (Å²) >= 11 is 0. The third kappa shape index (κ3) is 2.53. The molecular formula is C16H13N3O2. The number of aromatic nitrogens is 2. The van der Waals surface area contributed by atoms with E-state index >= 15 is 0 Å². The van der Waals surface area contributed by atoms with E-state index in [0.29, 0.717) is 16.8 Å². The Morgan fingerprint density at radius 2 is 1.86 bits per heavy atom. The van der Waals surface area contributed by atoms with Gasteiger partial charge in [0.1, 0.15) is 11.4 Å². The van der Waals surface area contributed by atoms with Crippen molar-refractivity contribution in [3.63, 3.8) is 0 Å². The largest absolute Gasteiger partial charge is 0.508 e. The molecule has 2 aromatic carbocycles. The number of carbonyl (C=O) groups excluding carboxylic acids is 1. The molecule has 3 rings (SSSR count). The van der Waals surface area contributed by atoms with Crippen LogP contribution in [0.4, 0.5) is 5.69 Å². The van der Waals surface area contributed by atoms with Crippen LogP contribution in [0, 0.1) is 6.92 Å². The topological polar surface area (TPSA) is 75.1 Å². The van der Waals surface area contributed by atoms with E-state index in [1.54, 1.807) is 31.2 Å². The van der Waals surface area contributed by atoms with Crippen LogP contribution in [0.15, 0.2) is 48.7 Å². The van der Waals surface area contributed by atoms with E-state index in [4.69, 9.17) is 0 Å². The van der Waals surface area contributed by atoms with Gasteiger partial charge in [0.25, 0.3) is 5.91 Å². The van der Waals surface area contributed by atoms with Crippen molar-refractivity contribution < 1.29 is 9.90 Å². The molecule has 0 fully saturated rings. The van der Waals surface area contributed by atoms with Crippen molar-refractivity contribution in [1.82, 2.24) is 9.97 Å². The lowest BCUT2D eigenvalue weighted by Gasteiger charge is -2.09. The van der Waals surface area contributed by atoms with Crippen LogP contribution in [0.1, 0.15) is 16.1 Å². The van der Waals surface area contributed by atoms with E-state index < -0.39 is 0 Å². The third-order valence-corrected chi connectivity index (χ3v) is 3.23. The van der Waals surface area contributed by atoms with Crippen molar-refractivity contribution in [2.24, 2.45) is 0 Å². The standard InChI is InChI=1S/C16H13N3O2/c1-10-11(7-4-8-15(10)20)19-16(21)14-9-17-12-5-2-3-6-13(12)18-14/h2-9,20H,1H3,(H,19,21). The fourth-order valence-corrected chi connectivity index (χ4v) is 2.01. The predicted octanol–water partition coefficient (Wildman–Crippen LogP) is 2.90. The number of phenols is 1. The summed E-state index contributed by atoms with van der Waals surface area (Å²) in [5, 5.41) is 12.4. The maximum absolute atomic E-state index is 12.2. The first-order valence-corrected chi connectivity index (χ1v) is 6.47. The van der Waals surface area contributed by atoms with E-state index in [1.165, 1.54) is 6.20 Å². The highest BCUT2D eigenvalue weighted by molar-refractivity contribution is 6.04. The lowest BCUT2D eigenvalue weighted by molar-refractivity contribution is 0.102. The van der Waals surface area contributed by atoms with Crippen LogP contribution < -0.4 is 5.32 Å². The smallest absolute Gasteiger partial charge is 0.275 e. The van der Waals surface area contributed by atoms with Crippen LogP contribution in [0.3, 0.4) is 0 Å². The number of aromatic hydroxyl groups is 1. The number of hydrogen-bond donors (Lipinski definition) is 2. The molecule has 0 unspecified atom stereocenters. The molecule has 1 aromatic heterocycles. The Kier molecular flexibility index (Phi) is 3.23. The van der Waals surface area contributed by atoms with Crippen LogP contribution in [-0.2, 0) is 0 Å². The summed E-state index contributed by atoms with van der Waals surface area (Å²) < 4.78 is 0. The van der Waals surface area contributed by atoms with Gasteiger partial charge in [0.05, 0.1) is 17.2 Å². The molecule has 0 atom stereocenters. The molecule has 5 nitrogen and oxygen atoms in total.